The first-order valence-corrected chi connectivity index (χ1v) is 5.42. The Morgan fingerprint density at radius 3 is 2.38 bits per heavy atom. The van der Waals surface area contributed by atoms with E-state index in [9.17, 15) is 0 Å². The summed E-state index contributed by atoms with van der Waals surface area (Å²) >= 11 is 0. The molecule has 1 aliphatic heterocycles. The molecule has 0 bridgehead atoms. The van der Waals surface area contributed by atoms with Gasteiger partial charge in [-0.25, -0.2) is 4.58 Å². The number of rotatable bonds is 1. The van der Waals surface area contributed by atoms with Crippen molar-refractivity contribution in [2.75, 3.05) is 20.2 Å². The zero-order chi connectivity index (χ0) is 9.26. The second-order valence-electron chi connectivity index (χ2n) is 4.51. The standard InChI is InChI=1S/C11H20NO/c1-9-3-5-10(6-4-9)12-7-11(8-12)13-2/h9,11H,3-8H2,1-2H3/q+1. The summed E-state index contributed by atoms with van der Waals surface area (Å²) in [7, 11) is 1.82. The molecule has 0 radical (unpaired) electrons. The molecule has 1 heterocycles. The minimum atomic E-state index is 0.506. The zero-order valence-corrected chi connectivity index (χ0v) is 8.75. The van der Waals surface area contributed by atoms with Gasteiger partial charge in [0.1, 0.15) is 0 Å². The first kappa shape index (κ1) is 9.20. The van der Waals surface area contributed by atoms with Crippen LogP contribution in [0.4, 0.5) is 0 Å². The molecule has 0 amide bonds. The van der Waals surface area contributed by atoms with Crippen molar-refractivity contribution in [2.24, 2.45) is 5.92 Å². The average molecular weight is 182 g/mol. The molecule has 74 valence electrons. The summed E-state index contributed by atoms with van der Waals surface area (Å²) in [4.78, 5) is 0. The third-order valence-electron chi connectivity index (χ3n) is 3.48. The van der Waals surface area contributed by atoms with E-state index in [4.69, 9.17) is 4.74 Å². The summed E-state index contributed by atoms with van der Waals surface area (Å²) in [5.41, 5.74) is 1.69. The van der Waals surface area contributed by atoms with Gasteiger partial charge in [-0.3, -0.25) is 0 Å². The van der Waals surface area contributed by atoms with Gasteiger partial charge in [0.05, 0.1) is 0 Å². The van der Waals surface area contributed by atoms with Gasteiger partial charge in [0.15, 0.2) is 24.9 Å². The summed E-state index contributed by atoms with van der Waals surface area (Å²) in [6.45, 7) is 4.64. The van der Waals surface area contributed by atoms with Gasteiger partial charge in [-0.2, -0.15) is 0 Å². The Hall–Kier alpha value is -0.370. The van der Waals surface area contributed by atoms with E-state index in [0.717, 1.165) is 19.0 Å². The molecule has 0 spiro atoms. The van der Waals surface area contributed by atoms with Crippen LogP contribution in [0, 0.1) is 5.92 Å². The van der Waals surface area contributed by atoms with Crippen LogP contribution in [0.5, 0.6) is 0 Å². The van der Waals surface area contributed by atoms with E-state index >= 15 is 0 Å². The highest BCUT2D eigenvalue weighted by Crippen LogP contribution is 2.22. The molecule has 2 rings (SSSR count). The van der Waals surface area contributed by atoms with Gasteiger partial charge in [-0.05, 0) is 18.8 Å². The number of hydrogen-bond acceptors (Lipinski definition) is 1. The van der Waals surface area contributed by atoms with Crippen molar-refractivity contribution in [3.8, 4) is 0 Å². The van der Waals surface area contributed by atoms with E-state index in [0.29, 0.717) is 6.10 Å². The van der Waals surface area contributed by atoms with Gasteiger partial charge < -0.3 is 4.74 Å². The monoisotopic (exact) mass is 182 g/mol. The number of nitrogens with zero attached hydrogens (tertiary/aromatic N) is 1. The Balaban J connectivity index is 1.88. The molecule has 0 aromatic carbocycles. The third-order valence-corrected chi connectivity index (χ3v) is 3.48. The smallest absolute Gasteiger partial charge is 0.175 e. The van der Waals surface area contributed by atoms with Crippen molar-refractivity contribution >= 4 is 5.71 Å². The quantitative estimate of drug-likeness (QED) is 0.562. The number of ether oxygens (including phenoxy) is 1. The highest BCUT2D eigenvalue weighted by Gasteiger charge is 2.34. The maximum Gasteiger partial charge on any atom is 0.175 e. The molecule has 2 nitrogen and oxygen atoms in total. The molecule has 0 unspecified atom stereocenters. The van der Waals surface area contributed by atoms with E-state index in [1.807, 2.05) is 7.11 Å². The summed E-state index contributed by atoms with van der Waals surface area (Å²) in [6, 6.07) is 0. The van der Waals surface area contributed by atoms with E-state index in [1.165, 1.54) is 25.7 Å². The van der Waals surface area contributed by atoms with Crippen molar-refractivity contribution in [3.63, 3.8) is 0 Å². The van der Waals surface area contributed by atoms with Crippen LogP contribution in [0.25, 0.3) is 0 Å². The molecule has 1 saturated carbocycles. The van der Waals surface area contributed by atoms with Crippen LogP contribution in [-0.2, 0) is 4.74 Å². The van der Waals surface area contributed by atoms with E-state index in [1.54, 1.807) is 5.71 Å². The van der Waals surface area contributed by atoms with Gasteiger partial charge in [0.25, 0.3) is 0 Å². The van der Waals surface area contributed by atoms with Gasteiger partial charge >= 0.3 is 0 Å². The SMILES string of the molecule is COC1C[N+](=C2CCC(C)CC2)C1. The first-order chi connectivity index (χ1) is 6.29. The minimum absolute atomic E-state index is 0.506. The fourth-order valence-electron chi connectivity index (χ4n) is 2.26. The molecule has 1 aliphatic carbocycles. The van der Waals surface area contributed by atoms with E-state index in [-0.39, 0.29) is 0 Å². The molecule has 0 aromatic rings. The van der Waals surface area contributed by atoms with Crippen LogP contribution < -0.4 is 0 Å². The normalized spacial score (nSPS) is 34.6. The van der Waals surface area contributed by atoms with Crippen molar-refractivity contribution in [3.05, 3.63) is 0 Å². The van der Waals surface area contributed by atoms with E-state index in [2.05, 4.69) is 11.5 Å². The van der Waals surface area contributed by atoms with Crippen LogP contribution in [0.3, 0.4) is 0 Å². The first-order valence-electron chi connectivity index (χ1n) is 5.42. The van der Waals surface area contributed by atoms with Crippen molar-refractivity contribution in [1.82, 2.24) is 0 Å². The van der Waals surface area contributed by atoms with Crippen LogP contribution >= 0.6 is 0 Å². The second kappa shape index (κ2) is 3.79. The predicted molar refractivity (Wildman–Crippen MR) is 53.4 cm³/mol. The van der Waals surface area contributed by atoms with Crippen LogP contribution in [-0.4, -0.2) is 36.6 Å². The Morgan fingerprint density at radius 1 is 1.23 bits per heavy atom. The number of hydrogen-bond donors (Lipinski definition) is 0. The molecular formula is C11H20NO+. The Kier molecular flexibility index (Phi) is 2.68. The van der Waals surface area contributed by atoms with Crippen LogP contribution in [0.1, 0.15) is 32.6 Å². The van der Waals surface area contributed by atoms with Gasteiger partial charge in [-0.15, -0.1) is 0 Å². The third kappa shape index (κ3) is 1.93. The Bertz CT molecular complexity index is 204. The van der Waals surface area contributed by atoms with E-state index < -0.39 is 0 Å². The van der Waals surface area contributed by atoms with Crippen LogP contribution in [0.15, 0.2) is 0 Å². The summed E-state index contributed by atoms with van der Waals surface area (Å²) < 4.78 is 7.79. The minimum Gasteiger partial charge on any atom is -0.368 e. The molecule has 13 heavy (non-hydrogen) atoms. The maximum absolute atomic E-state index is 5.27. The van der Waals surface area contributed by atoms with Crippen molar-refractivity contribution < 1.29 is 9.31 Å². The second-order valence-corrected chi connectivity index (χ2v) is 4.51. The predicted octanol–water partition coefficient (Wildman–Crippen LogP) is 1.68. The molecule has 0 atom stereocenters. The van der Waals surface area contributed by atoms with Crippen LogP contribution in [0.2, 0.25) is 0 Å². The highest BCUT2D eigenvalue weighted by molar-refractivity contribution is 5.80. The largest absolute Gasteiger partial charge is 0.368 e. The molecule has 0 N–H and O–H groups in total. The topological polar surface area (TPSA) is 12.2 Å². The molecule has 1 saturated heterocycles. The van der Waals surface area contributed by atoms with Crippen molar-refractivity contribution in [2.45, 2.75) is 38.7 Å². The fourth-order valence-corrected chi connectivity index (χ4v) is 2.26. The lowest BCUT2D eigenvalue weighted by atomic mass is 9.88. The van der Waals surface area contributed by atoms with Gasteiger partial charge in [-0.1, -0.05) is 6.92 Å². The Morgan fingerprint density at radius 2 is 1.85 bits per heavy atom. The maximum atomic E-state index is 5.27. The summed E-state index contributed by atoms with van der Waals surface area (Å²) in [5, 5.41) is 0. The summed E-state index contributed by atoms with van der Waals surface area (Å²) in [6.07, 6.45) is 5.95. The van der Waals surface area contributed by atoms with Gasteiger partial charge in [0.2, 0.25) is 0 Å². The molecule has 2 aliphatic rings. The lowest BCUT2D eigenvalue weighted by Crippen LogP contribution is -2.48. The fraction of sp³-hybridized carbons (Fsp3) is 0.909. The van der Waals surface area contributed by atoms with Crippen molar-refractivity contribution in [1.29, 1.82) is 0 Å². The van der Waals surface area contributed by atoms with Gasteiger partial charge in [0, 0.05) is 20.0 Å². The summed E-state index contributed by atoms with van der Waals surface area (Å²) in [5.74, 6) is 0.947. The zero-order valence-electron chi connectivity index (χ0n) is 8.75. The lowest BCUT2D eigenvalue weighted by molar-refractivity contribution is -0.610. The molecule has 0 aromatic heterocycles. The lowest BCUT2D eigenvalue weighted by Gasteiger charge is -2.27. The average Bonchev–Trinajstić information content (AvgIpc) is 2.06. The highest BCUT2D eigenvalue weighted by atomic mass is 16.5. The molecular weight excluding hydrogens is 162 g/mol. The molecule has 2 heteroatoms. The molecule has 2 fully saturated rings. The Labute approximate surface area is 80.6 Å². The number of methoxy groups -OCH3 is 1.